The molecule has 150 valence electrons. The Balaban J connectivity index is 1.54. The molecule has 4 rings (SSSR count). The SMILES string of the molecule is COCc1ccc(C)c(Nc2ncc(-c3cccc(N4CCCNC4=O)c3)o2)c1. The Labute approximate surface area is 169 Å². The van der Waals surface area contributed by atoms with Crippen LogP contribution in [0.2, 0.25) is 0 Å². The molecule has 2 heterocycles. The van der Waals surface area contributed by atoms with Gasteiger partial charge in [0.15, 0.2) is 5.76 Å². The lowest BCUT2D eigenvalue weighted by molar-refractivity contribution is 0.185. The van der Waals surface area contributed by atoms with Gasteiger partial charge in [0.1, 0.15) is 0 Å². The van der Waals surface area contributed by atoms with Crippen LogP contribution in [0.1, 0.15) is 17.5 Å². The van der Waals surface area contributed by atoms with Gasteiger partial charge in [-0.2, -0.15) is 0 Å². The molecule has 2 amide bonds. The summed E-state index contributed by atoms with van der Waals surface area (Å²) >= 11 is 0. The van der Waals surface area contributed by atoms with E-state index in [-0.39, 0.29) is 6.03 Å². The Kier molecular flexibility index (Phi) is 5.48. The number of rotatable bonds is 6. The number of urea groups is 1. The summed E-state index contributed by atoms with van der Waals surface area (Å²) in [5, 5.41) is 6.11. The summed E-state index contributed by atoms with van der Waals surface area (Å²) in [5.41, 5.74) is 4.79. The summed E-state index contributed by atoms with van der Waals surface area (Å²) in [7, 11) is 1.68. The molecule has 0 atom stereocenters. The van der Waals surface area contributed by atoms with E-state index >= 15 is 0 Å². The second-order valence-electron chi connectivity index (χ2n) is 7.02. The van der Waals surface area contributed by atoms with Crippen molar-refractivity contribution in [3.63, 3.8) is 0 Å². The van der Waals surface area contributed by atoms with Gasteiger partial charge in [0, 0.05) is 37.1 Å². The first kappa shape index (κ1) is 19.0. The number of aromatic nitrogens is 1. The number of carbonyl (C=O) groups is 1. The fourth-order valence-electron chi connectivity index (χ4n) is 3.34. The van der Waals surface area contributed by atoms with Gasteiger partial charge in [0.25, 0.3) is 6.01 Å². The number of amides is 2. The third kappa shape index (κ3) is 4.25. The van der Waals surface area contributed by atoms with Crippen LogP contribution in [0.25, 0.3) is 11.3 Å². The van der Waals surface area contributed by atoms with E-state index in [2.05, 4.69) is 15.6 Å². The topological polar surface area (TPSA) is 79.6 Å². The highest BCUT2D eigenvalue weighted by molar-refractivity contribution is 5.93. The molecule has 7 nitrogen and oxygen atoms in total. The van der Waals surface area contributed by atoms with Crippen LogP contribution < -0.4 is 15.5 Å². The molecule has 1 aliphatic heterocycles. The molecule has 1 aliphatic rings. The molecule has 0 unspecified atom stereocenters. The first-order chi connectivity index (χ1) is 14.1. The van der Waals surface area contributed by atoms with E-state index in [4.69, 9.17) is 9.15 Å². The van der Waals surface area contributed by atoms with Crippen LogP contribution in [0.15, 0.2) is 53.1 Å². The van der Waals surface area contributed by atoms with Crippen molar-refractivity contribution in [1.29, 1.82) is 0 Å². The number of hydrogen-bond donors (Lipinski definition) is 2. The van der Waals surface area contributed by atoms with Crippen molar-refractivity contribution in [2.75, 3.05) is 30.4 Å². The van der Waals surface area contributed by atoms with Crippen LogP contribution in [-0.4, -0.2) is 31.2 Å². The number of oxazole rings is 1. The third-order valence-electron chi connectivity index (χ3n) is 4.88. The number of nitrogens with one attached hydrogen (secondary N) is 2. The van der Waals surface area contributed by atoms with E-state index in [0.717, 1.165) is 41.0 Å². The maximum absolute atomic E-state index is 12.1. The number of hydrogen-bond acceptors (Lipinski definition) is 5. The van der Waals surface area contributed by atoms with Gasteiger partial charge in [-0.05, 0) is 42.7 Å². The molecular formula is C22H24N4O3. The highest BCUT2D eigenvalue weighted by Crippen LogP contribution is 2.29. The van der Waals surface area contributed by atoms with E-state index < -0.39 is 0 Å². The minimum atomic E-state index is -0.0697. The molecule has 1 fully saturated rings. The Hall–Kier alpha value is -3.32. The predicted molar refractivity (Wildman–Crippen MR) is 112 cm³/mol. The van der Waals surface area contributed by atoms with Crippen molar-refractivity contribution in [2.24, 2.45) is 0 Å². The average Bonchev–Trinajstić information content (AvgIpc) is 3.20. The first-order valence-corrected chi connectivity index (χ1v) is 9.61. The number of aryl methyl sites for hydroxylation is 1. The third-order valence-corrected chi connectivity index (χ3v) is 4.88. The van der Waals surface area contributed by atoms with Gasteiger partial charge in [0.2, 0.25) is 0 Å². The zero-order chi connectivity index (χ0) is 20.2. The summed E-state index contributed by atoms with van der Waals surface area (Å²) in [4.78, 5) is 18.2. The van der Waals surface area contributed by atoms with Crippen molar-refractivity contribution in [3.05, 3.63) is 59.8 Å². The van der Waals surface area contributed by atoms with Gasteiger partial charge < -0.3 is 19.8 Å². The molecule has 0 saturated carbocycles. The van der Waals surface area contributed by atoms with Crippen LogP contribution in [-0.2, 0) is 11.3 Å². The number of carbonyl (C=O) groups excluding carboxylic acids is 1. The van der Waals surface area contributed by atoms with E-state index in [0.29, 0.717) is 24.9 Å². The molecule has 2 aromatic carbocycles. The molecule has 0 spiro atoms. The second-order valence-corrected chi connectivity index (χ2v) is 7.02. The molecule has 0 bridgehead atoms. The predicted octanol–water partition coefficient (Wildman–Crippen LogP) is 4.46. The molecule has 0 aliphatic carbocycles. The van der Waals surface area contributed by atoms with Crippen molar-refractivity contribution < 1.29 is 13.9 Å². The second kappa shape index (κ2) is 8.36. The number of methoxy groups -OCH3 is 1. The van der Waals surface area contributed by atoms with E-state index in [1.807, 2.05) is 49.4 Å². The normalized spacial score (nSPS) is 14.0. The lowest BCUT2D eigenvalue weighted by Gasteiger charge is -2.27. The van der Waals surface area contributed by atoms with Gasteiger partial charge in [-0.15, -0.1) is 0 Å². The zero-order valence-electron chi connectivity index (χ0n) is 16.6. The van der Waals surface area contributed by atoms with Gasteiger partial charge in [-0.1, -0.05) is 24.3 Å². The van der Waals surface area contributed by atoms with Gasteiger partial charge in [0.05, 0.1) is 12.8 Å². The molecule has 0 radical (unpaired) electrons. The highest BCUT2D eigenvalue weighted by Gasteiger charge is 2.20. The molecule has 1 aromatic heterocycles. The standard InChI is InChI=1S/C22H24N4O3/c1-15-7-8-16(14-28-2)11-19(15)25-21-24-13-20(29-21)17-5-3-6-18(12-17)26-10-4-9-23-22(26)27/h3,5-8,11-13H,4,9-10,14H2,1-2H3,(H,23,27)(H,24,25). The van der Waals surface area contributed by atoms with Crippen molar-refractivity contribution in [1.82, 2.24) is 10.3 Å². The molecular weight excluding hydrogens is 368 g/mol. The molecule has 7 heteroatoms. The fraction of sp³-hybridized carbons (Fsp3) is 0.273. The Morgan fingerprint density at radius 3 is 3.00 bits per heavy atom. The number of nitrogens with zero attached hydrogens (tertiary/aromatic N) is 2. The summed E-state index contributed by atoms with van der Waals surface area (Å²) in [6.45, 7) is 3.99. The van der Waals surface area contributed by atoms with Crippen molar-refractivity contribution in [2.45, 2.75) is 20.0 Å². The molecule has 2 N–H and O–H groups in total. The smallest absolute Gasteiger partial charge is 0.321 e. The minimum Gasteiger partial charge on any atom is -0.423 e. The number of benzene rings is 2. The Bertz CT molecular complexity index is 1010. The monoisotopic (exact) mass is 392 g/mol. The van der Waals surface area contributed by atoms with Gasteiger partial charge >= 0.3 is 6.03 Å². The van der Waals surface area contributed by atoms with E-state index in [1.54, 1.807) is 18.2 Å². The number of ether oxygens (including phenoxy) is 1. The maximum Gasteiger partial charge on any atom is 0.321 e. The average molecular weight is 392 g/mol. The van der Waals surface area contributed by atoms with E-state index in [9.17, 15) is 4.79 Å². The summed E-state index contributed by atoms with van der Waals surface area (Å²) in [6, 6.07) is 14.2. The molecule has 1 saturated heterocycles. The minimum absolute atomic E-state index is 0.0697. The van der Waals surface area contributed by atoms with Gasteiger partial charge in [-0.25, -0.2) is 9.78 Å². The lowest BCUT2D eigenvalue weighted by atomic mass is 10.1. The summed E-state index contributed by atoms with van der Waals surface area (Å²) < 4.78 is 11.1. The first-order valence-electron chi connectivity index (χ1n) is 9.61. The summed E-state index contributed by atoms with van der Waals surface area (Å²) in [5.74, 6) is 0.637. The van der Waals surface area contributed by atoms with Crippen LogP contribution in [0.3, 0.4) is 0 Å². The quantitative estimate of drug-likeness (QED) is 0.647. The molecule has 29 heavy (non-hydrogen) atoms. The fourth-order valence-corrected chi connectivity index (χ4v) is 3.34. The van der Waals surface area contributed by atoms with Crippen LogP contribution in [0.5, 0.6) is 0 Å². The van der Waals surface area contributed by atoms with Crippen LogP contribution in [0, 0.1) is 6.92 Å². The Morgan fingerprint density at radius 2 is 2.17 bits per heavy atom. The Morgan fingerprint density at radius 1 is 1.28 bits per heavy atom. The van der Waals surface area contributed by atoms with Crippen molar-refractivity contribution >= 4 is 23.4 Å². The van der Waals surface area contributed by atoms with Crippen LogP contribution in [0.4, 0.5) is 22.2 Å². The number of anilines is 3. The summed E-state index contributed by atoms with van der Waals surface area (Å²) in [6.07, 6.45) is 2.61. The van der Waals surface area contributed by atoms with E-state index in [1.165, 1.54) is 0 Å². The largest absolute Gasteiger partial charge is 0.423 e. The lowest BCUT2D eigenvalue weighted by Crippen LogP contribution is -2.46. The molecule has 3 aromatic rings. The highest BCUT2D eigenvalue weighted by atomic mass is 16.5. The maximum atomic E-state index is 12.1. The van der Waals surface area contributed by atoms with Crippen LogP contribution >= 0.6 is 0 Å². The van der Waals surface area contributed by atoms with Gasteiger partial charge in [-0.3, -0.25) is 4.90 Å². The van der Waals surface area contributed by atoms with Crippen molar-refractivity contribution in [3.8, 4) is 11.3 Å². The zero-order valence-corrected chi connectivity index (χ0v) is 16.6.